The second-order valence-electron chi connectivity index (χ2n) is 8.01. The van der Waals surface area contributed by atoms with E-state index in [0.29, 0.717) is 16.1 Å². The second-order valence-corrected chi connectivity index (χ2v) is 8.86. The standard InChI is InChI=1S/C26H26BrN3O5/c1-16-4-7-18-13-24(35-23(18)12-16)22(15-34-28)30(14-17-5-8-19(32-2)9-6-17)26(31)21-11-10-20(27)25(29-21)33-3/h4-13,22H,14-15,28H2,1-3H3/t22-/m1/s1. The molecule has 0 unspecified atom stereocenters. The Morgan fingerprint density at radius 3 is 2.54 bits per heavy atom. The highest BCUT2D eigenvalue weighted by Crippen LogP contribution is 2.32. The van der Waals surface area contributed by atoms with Gasteiger partial charge in [0.2, 0.25) is 5.88 Å². The normalized spacial score (nSPS) is 11.9. The van der Waals surface area contributed by atoms with Gasteiger partial charge in [0.25, 0.3) is 5.91 Å². The minimum Gasteiger partial charge on any atom is -0.497 e. The van der Waals surface area contributed by atoms with Crippen LogP contribution in [0.15, 0.2) is 69.6 Å². The van der Waals surface area contributed by atoms with Crippen LogP contribution in [0.4, 0.5) is 0 Å². The van der Waals surface area contributed by atoms with Crippen LogP contribution >= 0.6 is 15.9 Å². The van der Waals surface area contributed by atoms with E-state index < -0.39 is 6.04 Å². The molecule has 35 heavy (non-hydrogen) atoms. The summed E-state index contributed by atoms with van der Waals surface area (Å²) in [6.07, 6.45) is 0. The Kier molecular flexibility index (Phi) is 7.70. The second kappa shape index (κ2) is 10.9. The smallest absolute Gasteiger partial charge is 0.273 e. The first-order valence-corrected chi connectivity index (χ1v) is 11.7. The molecule has 2 aromatic carbocycles. The number of amides is 1. The maximum atomic E-state index is 13.8. The minimum absolute atomic E-state index is 0.0222. The molecule has 0 aliphatic carbocycles. The number of nitrogens with zero attached hydrogens (tertiary/aromatic N) is 2. The number of carbonyl (C=O) groups excluding carboxylic acids is 1. The first kappa shape index (κ1) is 24.7. The molecule has 0 fully saturated rings. The average molecular weight is 540 g/mol. The van der Waals surface area contributed by atoms with E-state index in [0.717, 1.165) is 27.8 Å². The highest BCUT2D eigenvalue weighted by atomic mass is 79.9. The molecular formula is C26H26BrN3O5. The van der Waals surface area contributed by atoms with Crippen molar-refractivity contribution in [2.75, 3.05) is 20.8 Å². The molecular weight excluding hydrogens is 514 g/mol. The van der Waals surface area contributed by atoms with Crippen LogP contribution in [-0.4, -0.2) is 36.6 Å². The van der Waals surface area contributed by atoms with Crippen LogP contribution < -0.4 is 15.4 Å². The third-order valence-corrected chi connectivity index (χ3v) is 6.26. The van der Waals surface area contributed by atoms with Gasteiger partial charge in [-0.1, -0.05) is 24.3 Å². The Balaban J connectivity index is 1.78. The molecule has 4 aromatic rings. The molecule has 0 saturated carbocycles. The number of hydrogen-bond donors (Lipinski definition) is 1. The summed E-state index contributed by atoms with van der Waals surface area (Å²) < 4.78 is 17.4. The number of methoxy groups -OCH3 is 2. The van der Waals surface area contributed by atoms with Crippen molar-refractivity contribution in [3.8, 4) is 11.6 Å². The monoisotopic (exact) mass is 539 g/mol. The summed E-state index contributed by atoms with van der Waals surface area (Å²) in [6, 6.07) is 18.1. The van der Waals surface area contributed by atoms with E-state index in [4.69, 9.17) is 24.6 Å². The van der Waals surface area contributed by atoms with Gasteiger partial charge < -0.3 is 23.6 Å². The number of carbonyl (C=O) groups is 1. The van der Waals surface area contributed by atoms with Crippen molar-refractivity contribution in [2.45, 2.75) is 19.5 Å². The molecule has 0 radical (unpaired) electrons. The van der Waals surface area contributed by atoms with E-state index in [-0.39, 0.29) is 24.8 Å². The van der Waals surface area contributed by atoms with Crippen LogP contribution in [0.1, 0.15) is 33.4 Å². The molecule has 2 aromatic heterocycles. The molecule has 0 spiro atoms. The number of aryl methyl sites for hydroxylation is 1. The number of benzene rings is 2. The van der Waals surface area contributed by atoms with E-state index >= 15 is 0 Å². The Hall–Kier alpha value is -3.40. The predicted octanol–water partition coefficient (Wildman–Crippen LogP) is 5.19. The maximum absolute atomic E-state index is 13.8. The zero-order valence-electron chi connectivity index (χ0n) is 19.7. The fourth-order valence-electron chi connectivity index (χ4n) is 3.82. The molecule has 9 heteroatoms. The molecule has 2 heterocycles. The van der Waals surface area contributed by atoms with Crippen molar-refractivity contribution < 1.29 is 23.5 Å². The summed E-state index contributed by atoms with van der Waals surface area (Å²) in [5.74, 6) is 6.78. The summed E-state index contributed by atoms with van der Waals surface area (Å²) in [5, 5.41) is 0.924. The van der Waals surface area contributed by atoms with Gasteiger partial charge in [-0.05, 0) is 70.4 Å². The number of hydrogen-bond acceptors (Lipinski definition) is 7. The number of halogens is 1. The number of pyridine rings is 1. The van der Waals surface area contributed by atoms with Crippen LogP contribution in [-0.2, 0) is 11.4 Å². The lowest BCUT2D eigenvalue weighted by Crippen LogP contribution is -2.37. The van der Waals surface area contributed by atoms with Crippen molar-refractivity contribution in [3.05, 3.63) is 87.7 Å². The van der Waals surface area contributed by atoms with Gasteiger partial charge in [0.05, 0.1) is 25.3 Å². The van der Waals surface area contributed by atoms with Gasteiger partial charge in [-0.15, -0.1) is 0 Å². The summed E-state index contributed by atoms with van der Waals surface area (Å²) in [4.78, 5) is 24.9. The summed E-state index contributed by atoms with van der Waals surface area (Å²) in [7, 11) is 3.10. The van der Waals surface area contributed by atoms with Crippen LogP contribution in [0.3, 0.4) is 0 Å². The molecule has 4 rings (SSSR count). The number of rotatable bonds is 9. The van der Waals surface area contributed by atoms with Crippen LogP contribution in [0.2, 0.25) is 0 Å². The third kappa shape index (κ3) is 5.48. The van der Waals surface area contributed by atoms with Crippen molar-refractivity contribution in [1.29, 1.82) is 0 Å². The van der Waals surface area contributed by atoms with Crippen LogP contribution in [0, 0.1) is 6.92 Å². The van der Waals surface area contributed by atoms with Crippen molar-refractivity contribution in [2.24, 2.45) is 5.90 Å². The molecule has 182 valence electrons. The van der Waals surface area contributed by atoms with Crippen molar-refractivity contribution >= 4 is 32.8 Å². The lowest BCUT2D eigenvalue weighted by atomic mass is 10.1. The fourth-order valence-corrected chi connectivity index (χ4v) is 4.21. The molecule has 0 bridgehead atoms. The minimum atomic E-state index is -0.612. The van der Waals surface area contributed by atoms with E-state index in [1.54, 1.807) is 24.1 Å². The maximum Gasteiger partial charge on any atom is 0.273 e. The van der Waals surface area contributed by atoms with Gasteiger partial charge in [0, 0.05) is 11.9 Å². The predicted molar refractivity (Wildman–Crippen MR) is 135 cm³/mol. The zero-order chi connectivity index (χ0) is 24.9. The molecule has 8 nitrogen and oxygen atoms in total. The lowest BCUT2D eigenvalue weighted by molar-refractivity contribution is 0.0340. The number of nitrogens with two attached hydrogens (primary N) is 1. The van der Waals surface area contributed by atoms with Crippen LogP contribution in [0.25, 0.3) is 11.0 Å². The summed E-state index contributed by atoms with van der Waals surface area (Å²) >= 11 is 3.38. The largest absolute Gasteiger partial charge is 0.497 e. The van der Waals surface area contributed by atoms with Gasteiger partial charge in [-0.2, -0.15) is 0 Å². The van der Waals surface area contributed by atoms with Crippen molar-refractivity contribution in [1.82, 2.24) is 9.88 Å². The lowest BCUT2D eigenvalue weighted by Gasteiger charge is -2.30. The molecule has 0 aliphatic heterocycles. The molecule has 1 amide bonds. The van der Waals surface area contributed by atoms with E-state index in [1.165, 1.54) is 7.11 Å². The number of ether oxygens (including phenoxy) is 2. The number of aromatic nitrogens is 1. The average Bonchev–Trinajstić information content (AvgIpc) is 3.29. The van der Waals surface area contributed by atoms with Gasteiger partial charge in [0.15, 0.2) is 0 Å². The van der Waals surface area contributed by atoms with Gasteiger partial charge in [0.1, 0.15) is 28.8 Å². The molecule has 0 saturated heterocycles. The zero-order valence-corrected chi connectivity index (χ0v) is 21.2. The molecule has 1 atom stereocenters. The first-order chi connectivity index (χ1) is 16.9. The Bertz CT molecular complexity index is 1320. The Labute approximate surface area is 211 Å². The fraction of sp³-hybridized carbons (Fsp3) is 0.231. The third-order valence-electron chi connectivity index (χ3n) is 5.65. The van der Waals surface area contributed by atoms with E-state index in [2.05, 4.69) is 20.9 Å². The highest BCUT2D eigenvalue weighted by Gasteiger charge is 2.31. The Morgan fingerprint density at radius 1 is 1.09 bits per heavy atom. The summed E-state index contributed by atoms with van der Waals surface area (Å²) in [6.45, 7) is 2.27. The van der Waals surface area contributed by atoms with Crippen LogP contribution in [0.5, 0.6) is 11.6 Å². The van der Waals surface area contributed by atoms with Gasteiger partial charge >= 0.3 is 0 Å². The first-order valence-electron chi connectivity index (χ1n) is 10.9. The van der Waals surface area contributed by atoms with Gasteiger partial charge in [-0.3, -0.25) is 4.79 Å². The van der Waals surface area contributed by atoms with Crippen molar-refractivity contribution in [3.63, 3.8) is 0 Å². The highest BCUT2D eigenvalue weighted by molar-refractivity contribution is 9.10. The topological polar surface area (TPSA) is 100 Å². The molecule has 2 N–H and O–H groups in total. The number of fused-ring (bicyclic) bond motifs is 1. The SMILES string of the molecule is COc1ccc(CN(C(=O)c2ccc(Br)c(OC)n2)[C@H](CON)c2cc3ccc(C)cc3o2)cc1. The summed E-state index contributed by atoms with van der Waals surface area (Å²) in [5.41, 5.74) is 2.90. The molecule has 0 aliphatic rings. The quantitative estimate of drug-likeness (QED) is 0.292. The van der Waals surface area contributed by atoms with E-state index in [1.807, 2.05) is 55.5 Å². The number of furan rings is 1. The Morgan fingerprint density at radius 2 is 1.86 bits per heavy atom. The van der Waals surface area contributed by atoms with Gasteiger partial charge in [-0.25, -0.2) is 10.9 Å². The van der Waals surface area contributed by atoms with E-state index in [9.17, 15) is 4.79 Å².